The largest absolute Gasteiger partial charge is 0.392 e. The van der Waals surface area contributed by atoms with E-state index in [1.165, 1.54) is 5.56 Å². The van der Waals surface area contributed by atoms with E-state index in [0.717, 1.165) is 32.4 Å². The van der Waals surface area contributed by atoms with Gasteiger partial charge in [0.2, 0.25) is 5.91 Å². The molecule has 2 heterocycles. The normalized spacial score (nSPS) is 30.3. The van der Waals surface area contributed by atoms with E-state index >= 15 is 0 Å². The van der Waals surface area contributed by atoms with Crippen molar-refractivity contribution in [2.75, 3.05) is 20.2 Å². The third-order valence-corrected chi connectivity index (χ3v) is 6.67. The molecular weight excluding hydrogens is 298 g/mol. The molecule has 1 aliphatic carbocycles. The molecule has 22 heavy (non-hydrogen) atoms. The van der Waals surface area contributed by atoms with Crippen LogP contribution in [0.1, 0.15) is 38.2 Å². The number of ether oxygens (including phenoxy) is 1. The Morgan fingerprint density at radius 3 is 2.77 bits per heavy atom. The van der Waals surface area contributed by atoms with Crippen molar-refractivity contribution in [3.8, 4) is 0 Å². The van der Waals surface area contributed by atoms with Crippen molar-refractivity contribution in [1.82, 2.24) is 4.90 Å². The van der Waals surface area contributed by atoms with Gasteiger partial charge in [-0.25, -0.2) is 0 Å². The predicted octanol–water partition coefficient (Wildman–Crippen LogP) is 2.46. The zero-order chi connectivity index (χ0) is 15.8. The molecular formula is C17H25NO3S. The van der Waals surface area contributed by atoms with E-state index in [0.29, 0.717) is 12.8 Å². The maximum atomic E-state index is 12.4. The zero-order valence-corrected chi connectivity index (χ0v) is 14.2. The maximum absolute atomic E-state index is 12.4. The first-order valence-electron chi connectivity index (χ1n) is 8.03. The Labute approximate surface area is 136 Å². The molecule has 0 unspecified atom stereocenters. The smallest absolute Gasteiger partial charge is 0.222 e. The lowest BCUT2D eigenvalue weighted by atomic mass is 9.51. The number of aliphatic hydroxyl groups is 1. The van der Waals surface area contributed by atoms with Crippen LogP contribution in [0, 0.1) is 5.41 Å². The van der Waals surface area contributed by atoms with E-state index in [1.54, 1.807) is 18.4 Å². The Balaban J connectivity index is 1.54. The summed E-state index contributed by atoms with van der Waals surface area (Å²) < 4.78 is 5.67. The Kier molecular flexibility index (Phi) is 4.32. The van der Waals surface area contributed by atoms with E-state index in [9.17, 15) is 9.90 Å². The van der Waals surface area contributed by atoms with Crippen LogP contribution in [-0.4, -0.2) is 47.8 Å². The second-order valence-corrected chi connectivity index (χ2v) is 7.60. The monoisotopic (exact) mass is 323 g/mol. The number of hydrogen-bond donors (Lipinski definition) is 1. The van der Waals surface area contributed by atoms with Gasteiger partial charge in [0.15, 0.2) is 0 Å². The fourth-order valence-corrected chi connectivity index (χ4v) is 4.84. The van der Waals surface area contributed by atoms with E-state index in [1.807, 2.05) is 10.3 Å². The molecule has 1 aromatic rings. The van der Waals surface area contributed by atoms with Gasteiger partial charge in [-0.15, -0.1) is 0 Å². The molecule has 0 radical (unpaired) electrons. The summed E-state index contributed by atoms with van der Waals surface area (Å²) in [6, 6.07) is 2.08. The van der Waals surface area contributed by atoms with Crippen molar-refractivity contribution in [1.29, 1.82) is 0 Å². The Morgan fingerprint density at radius 2 is 2.23 bits per heavy atom. The van der Waals surface area contributed by atoms with Crippen LogP contribution >= 0.6 is 11.3 Å². The highest BCUT2D eigenvalue weighted by molar-refractivity contribution is 7.07. The molecule has 1 spiro atoms. The highest BCUT2D eigenvalue weighted by Crippen LogP contribution is 2.57. The second kappa shape index (κ2) is 5.95. The second-order valence-electron chi connectivity index (χ2n) is 6.82. The minimum absolute atomic E-state index is 0.161. The molecule has 2 fully saturated rings. The van der Waals surface area contributed by atoms with E-state index in [2.05, 4.69) is 18.4 Å². The van der Waals surface area contributed by atoms with Gasteiger partial charge in [-0.1, -0.05) is 0 Å². The van der Waals surface area contributed by atoms with Gasteiger partial charge in [-0.05, 0) is 48.6 Å². The van der Waals surface area contributed by atoms with Crippen LogP contribution in [0.5, 0.6) is 0 Å². The maximum Gasteiger partial charge on any atom is 0.222 e. The summed E-state index contributed by atoms with van der Waals surface area (Å²) in [5.41, 5.74) is 0.845. The van der Waals surface area contributed by atoms with Gasteiger partial charge < -0.3 is 14.7 Å². The Morgan fingerprint density at radius 1 is 1.50 bits per heavy atom. The molecule has 1 N–H and O–H groups in total. The number of carbonyl (C=O) groups is 1. The van der Waals surface area contributed by atoms with Gasteiger partial charge in [0.1, 0.15) is 0 Å². The fraction of sp³-hybridized carbons (Fsp3) is 0.706. The molecule has 0 aromatic carbocycles. The van der Waals surface area contributed by atoms with Gasteiger partial charge in [0.25, 0.3) is 0 Å². The van der Waals surface area contributed by atoms with Gasteiger partial charge >= 0.3 is 0 Å². The number of likely N-dealkylation sites (tertiary alicyclic amines) is 1. The summed E-state index contributed by atoms with van der Waals surface area (Å²) >= 11 is 1.67. The number of methoxy groups -OCH3 is 1. The topological polar surface area (TPSA) is 49.8 Å². The quantitative estimate of drug-likeness (QED) is 0.926. The molecule has 122 valence electrons. The fourth-order valence-electron chi connectivity index (χ4n) is 4.14. The number of aliphatic hydroxyl groups excluding tert-OH is 1. The van der Waals surface area contributed by atoms with Crippen LogP contribution in [0.4, 0.5) is 0 Å². The standard InChI is InChI=1S/C17H25NO3S/c1-16(21-2)11-14(19)17(16)6-8-18(9-7-17)15(20)4-3-13-5-10-22-12-13/h5,10,12,14,19H,3-4,6-9,11H2,1-2H3/t14-,16+/m1/s1. The highest BCUT2D eigenvalue weighted by atomic mass is 32.1. The molecule has 1 aromatic heterocycles. The molecule has 1 aliphatic heterocycles. The summed E-state index contributed by atoms with van der Waals surface area (Å²) in [6.45, 7) is 3.56. The van der Waals surface area contributed by atoms with Crippen molar-refractivity contribution in [2.45, 2.75) is 50.7 Å². The summed E-state index contributed by atoms with van der Waals surface area (Å²) in [5.74, 6) is 0.231. The minimum atomic E-state index is -0.291. The SMILES string of the molecule is CO[C@@]1(C)C[C@@H](O)C12CCN(C(=O)CCc1ccsc1)CC2. The Hall–Kier alpha value is -0.910. The average Bonchev–Trinajstić information content (AvgIpc) is 3.06. The van der Waals surface area contributed by atoms with Crippen molar-refractivity contribution >= 4 is 17.2 Å². The first-order chi connectivity index (χ1) is 10.5. The lowest BCUT2D eigenvalue weighted by Crippen LogP contribution is -2.69. The number of nitrogens with zero attached hydrogens (tertiary/aromatic N) is 1. The third-order valence-electron chi connectivity index (χ3n) is 5.94. The molecule has 5 heteroatoms. The van der Waals surface area contributed by atoms with Gasteiger partial charge in [-0.3, -0.25) is 4.79 Å². The van der Waals surface area contributed by atoms with Crippen LogP contribution < -0.4 is 0 Å². The highest BCUT2D eigenvalue weighted by Gasteiger charge is 2.63. The summed E-state index contributed by atoms with van der Waals surface area (Å²) in [7, 11) is 1.73. The summed E-state index contributed by atoms with van der Waals surface area (Å²) in [6.07, 6.45) is 3.48. The van der Waals surface area contributed by atoms with Crippen LogP contribution in [0.2, 0.25) is 0 Å². The van der Waals surface area contributed by atoms with Crippen molar-refractivity contribution < 1.29 is 14.6 Å². The Bertz CT molecular complexity index is 522. The molecule has 2 atom stereocenters. The molecule has 0 bridgehead atoms. The summed E-state index contributed by atoms with van der Waals surface area (Å²) in [4.78, 5) is 14.3. The molecule has 1 amide bonds. The van der Waals surface area contributed by atoms with E-state index in [-0.39, 0.29) is 23.0 Å². The van der Waals surface area contributed by atoms with Crippen LogP contribution in [-0.2, 0) is 16.0 Å². The van der Waals surface area contributed by atoms with Crippen LogP contribution in [0.15, 0.2) is 16.8 Å². The zero-order valence-electron chi connectivity index (χ0n) is 13.4. The van der Waals surface area contributed by atoms with Crippen LogP contribution in [0.25, 0.3) is 0 Å². The molecule has 1 saturated carbocycles. The van der Waals surface area contributed by atoms with E-state index < -0.39 is 0 Å². The van der Waals surface area contributed by atoms with Gasteiger partial charge in [0.05, 0.1) is 11.7 Å². The summed E-state index contributed by atoms with van der Waals surface area (Å²) in [5, 5.41) is 14.4. The lowest BCUT2D eigenvalue weighted by Gasteiger charge is -2.62. The lowest BCUT2D eigenvalue weighted by molar-refractivity contribution is -0.261. The number of piperidine rings is 1. The predicted molar refractivity (Wildman–Crippen MR) is 86.9 cm³/mol. The molecule has 2 aliphatic rings. The molecule has 1 saturated heterocycles. The number of carbonyl (C=O) groups excluding carboxylic acids is 1. The first kappa shape index (κ1) is 16.0. The van der Waals surface area contributed by atoms with Gasteiger partial charge in [-0.2, -0.15) is 11.3 Å². The molecule has 4 nitrogen and oxygen atoms in total. The van der Waals surface area contributed by atoms with Crippen LogP contribution in [0.3, 0.4) is 0 Å². The van der Waals surface area contributed by atoms with Crippen molar-refractivity contribution in [3.05, 3.63) is 22.4 Å². The number of hydrogen-bond acceptors (Lipinski definition) is 4. The molecule has 3 rings (SSSR count). The van der Waals surface area contributed by atoms with Crippen molar-refractivity contribution in [2.24, 2.45) is 5.41 Å². The number of aryl methyl sites for hydroxylation is 1. The number of amides is 1. The first-order valence-corrected chi connectivity index (χ1v) is 8.97. The van der Waals surface area contributed by atoms with Gasteiger partial charge in [0, 0.05) is 38.5 Å². The minimum Gasteiger partial charge on any atom is -0.392 e. The van der Waals surface area contributed by atoms with Crippen molar-refractivity contribution in [3.63, 3.8) is 0 Å². The number of rotatable bonds is 4. The average molecular weight is 323 g/mol. The number of thiophene rings is 1. The third kappa shape index (κ3) is 2.49. The van der Waals surface area contributed by atoms with E-state index in [4.69, 9.17) is 4.74 Å².